The van der Waals surface area contributed by atoms with Crippen LogP contribution in [0.25, 0.3) is 0 Å². The Bertz CT molecular complexity index is 529. The van der Waals surface area contributed by atoms with Crippen LogP contribution >= 0.6 is 24.0 Å². The van der Waals surface area contributed by atoms with E-state index in [1.54, 1.807) is 21.3 Å². The van der Waals surface area contributed by atoms with Crippen molar-refractivity contribution in [2.75, 3.05) is 34.4 Å². The van der Waals surface area contributed by atoms with Gasteiger partial charge in [-0.25, -0.2) is 0 Å². The molecule has 1 aromatic rings. The average molecular weight is 453 g/mol. The summed E-state index contributed by atoms with van der Waals surface area (Å²) in [7, 11) is 5.17. The van der Waals surface area contributed by atoms with Crippen LogP contribution in [0.15, 0.2) is 4.99 Å². The molecule has 0 bridgehead atoms. The van der Waals surface area contributed by atoms with Crippen LogP contribution in [0.1, 0.15) is 30.8 Å². The summed E-state index contributed by atoms with van der Waals surface area (Å²) < 4.78 is 12.5. The van der Waals surface area contributed by atoms with Crippen molar-refractivity contribution in [2.45, 2.75) is 46.4 Å². The molecule has 0 amide bonds. The van der Waals surface area contributed by atoms with Crippen molar-refractivity contribution in [3.63, 3.8) is 0 Å². The van der Waals surface area contributed by atoms with Gasteiger partial charge < -0.3 is 20.1 Å². The van der Waals surface area contributed by atoms with Gasteiger partial charge in [0.1, 0.15) is 0 Å². The summed E-state index contributed by atoms with van der Waals surface area (Å²) in [5.41, 5.74) is 3.13. The number of guanidine groups is 1. The molecule has 0 saturated carbocycles. The first-order chi connectivity index (χ1) is 10.8. The number of aromatic nitrogens is 2. The molecule has 0 aliphatic rings. The number of hydrogen-bond donors (Lipinski definition) is 2. The summed E-state index contributed by atoms with van der Waals surface area (Å²) >= 11 is 0. The van der Waals surface area contributed by atoms with Crippen LogP contribution in [-0.2, 0) is 22.6 Å². The van der Waals surface area contributed by atoms with Crippen molar-refractivity contribution in [1.82, 2.24) is 20.4 Å². The maximum atomic E-state index is 5.40. The van der Waals surface area contributed by atoms with Crippen LogP contribution in [0.5, 0.6) is 0 Å². The van der Waals surface area contributed by atoms with Crippen LogP contribution in [0, 0.1) is 13.8 Å². The molecule has 1 rings (SSSR count). The highest BCUT2D eigenvalue weighted by Gasteiger charge is 2.17. The lowest BCUT2D eigenvalue weighted by atomic mass is 10.1. The first-order valence-corrected chi connectivity index (χ1v) is 7.86. The van der Waals surface area contributed by atoms with Crippen molar-refractivity contribution in [1.29, 1.82) is 0 Å². The van der Waals surface area contributed by atoms with Crippen LogP contribution in [0.3, 0.4) is 0 Å². The molecule has 7 nitrogen and oxygen atoms in total. The molecule has 1 heterocycles. The molecule has 24 heavy (non-hydrogen) atoms. The predicted molar refractivity (Wildman–Crippen MR) is 108 cm³/mol. The Morgan fingerprint density at radius 3 is 2.46 bits per heavy atom. The molecule has 0 radical (unpaired) electrons. The number of hydrogen-bond acceptors (Lipinski definition) is 4. The lowest BCUT2D eigenvalue weighted by Crippen LogP contribution is -2.45. The fourth-order valence-corrected chi connectivity index (χ4v) is 2.15. The zero-order chi connectivity index (χ0) is 17.5. The summed E-state index contributed by atoms with van der Waals surface area (Å²) in [5.74, 6) is 0.749. The van der Waals surface area contributed by atoms with Crippen molar-refractivity contribution >= 4 is 29.9 Å². The van der Waals surface area contributed by atoms with Gasteiger partial charge in [0.15, 0.2) is 5.96 Å². The summed E-state index contributed by atoms with van der Waals surface area (Å²) in [6.07, 6.45) is 0. The first kappa shape index (κ1) is 23.1. The Balaban J connectivity index is 0.00000529. The van der Waals surface area contributed by atoms with Gasteiger partial charge in [-0.3, -0.25) is 9.67 Å². The SMILES string of the molecule is CN=C(NCc1c(C)nn(CCOC)c1C)NCC(C)(C)OC.I. The normalized spacial score (nSPS) is 12.0. The molecular formula is C16H32IN5O2. The van der Waals surface area contributed by atoms with Gasteiger partial charge in [-0.1, -0.05) is 0 Å². The highest BCUT2D eigenvalue weighted by atomic mass is 127. The number of ether oxygens (including phenoxy) is 2. The van der Waals surface area contributed by atoms with Gasteiger partial charge in [-0.15, -0.1) is 24.0 Å². The molecule has 0 saturated heterocycles. The monoisotopic (exact) mass is 453 g/mol. The van der Waals surface area contributed by atoms with E-state index in [1.807, 2.05) is 25.5 Å². The highest BCUT2D eigenvalue weighted by Crippen LogP contribution is 2.12. The number of methoxy groups -OCH3 is 2. The van der Waals surface area contributed by atoms with Crippen LogP contribution < -0.4 is 10.6 Å². The number of aryl methyl sites for hydroxylation is 1. The Morgan fingerprint density at radius 1 is 1.25 bits per heavy atom. The fourth-order valence-electron chi connectivity index (χ4n) is 2.15. The standard InChI is InChI=1S/C16H31N5O2.HI/c1-12-14(13(2)21(20-12)8-9-22-6)10-18-15(17-5)19-11-16(3,4)23-7;/h8-11H2,1-7H3,(H2,17,18,19);1H. The minimum Gasteiger partial charge on any atom is -0.383 e. The maximum Gasteiger partial charge on any atom is 0.191 e. The van der Waals surface area contributed by atoms with E-state index in [9.17, 15) is 0 Å². The van der Waals surface area contributed by atoms with Crippen molar-refractivity contribution in [3.05, 3.63) is 17.0 Å². The lowest BCUT2D eigenvalue weighted by Gasteiger charge is -2.24. The van der Waals surface area contributed by atoms with E-state index in [0.29, 0.717) is 19.7 Å². The number of nitrogens with zero attached hydrogens (tertiary/aromatic N) is 3. The summed E-state index contributed by atoms with van der Waals surface area (Å²) in [4.78, 5) is 4.25. The van der Waals surface area contributed by atoms with Crippen LogP contribution in [0.2, 0.25) is 0 Å². The number of rotatable bonds is 8. The number of halogens is 1. The van der Waals surface area contributed by atoms with Crippen LogP contribution in [0.4, 0.5) is 0 Å². The van der Waals surface area contributed by atoms with Gasteiger partial charge in [0.05, 0.1) is 24.4 Å². The minimum absolute atomic E-state index is 0. The van der Waals surface area contributed by atoms with E-state index >= 15 is 0 Å². The van der Waals surface area contributed by atoms with E-state index in [1.165, 1.54) is 5.56 Å². The second kappa shape index (κ2) is 10.9. The van der Waals surface area contributed by atoms with E-state index in [4.69, 9.17) is 9.47 Å². The van der Waals surface area contributed by atoms with Crippen molar-refractivity contribution < 1.29 is 9.47 Å². The predicted octanol–water partition coefficient (Wildman–Crippen LogP) is 1.85. The molecule has 1 aromatic heterocycles. The molecule has 0 spiro atoms. The Kier molecular flexibility index (Phi) is 10.5. The van der Waals surface area contributed by atoms with Crippen LogP contribution in [-0.4, -0.2) is 55.8 Å². The van der Waals surface area contributed by atoms with Gasteiger partial charge in [0.2, 0.25) is 0 Å². The molecule has 0 aromatic carbocycles. The van der Waals surface area contributed by atoms with E-state index in [2.05, 4.69) is 27.6 Å². The lowest BCUT2D eigenvalue weighted by molar-refractivity contribution is 0.0268. The van der Waals surface area contributed by atoms with Gasteiger partial charge in [-0.2, -0.15) is 5.10 Å². The smallest absolute Gasteiger partial charge is 0.191 e. The first-order valence-electron chi connectivity index (χ1n) is 7.86. The topological polar surface area (TPSA) is 72.7 Å². The van der Waals surface area contributed by atoms with Gasteiger partial charge >= 0.3 is 0 Å². The Labute approximate surface area is 162 Å². The van der Waals surface area contributed by atoms with Crippen molar-refractivity contribution in [3.8, 4) is 0 Å². The second-order valence-electron chi connectivity index (χ2n) is 6.11. The molecule has 0 atom stereocenters. The molecule has 0 fully saturated rings. The largest absolute Gasteiger partial charge is 0.383 e. The highest BCUT2D eigenvalue weighted by molar-refractivity contribution is 14.0. The number of aliphatic imine (C=N–C) groups is 1. The summed E-state index contributed by atoms with van der Waals surface area (Å²) in [6.45, 7) is 10.9. The van der Waals surface area contributed by atoms with E-state index < -0.39 is 0 Å². The Hall–Kier alpha value is -0.870. The minimum atomic E-state index is -0.242. The molecule has 2 N–H and O–H groups in total. The fraction of sp³-hybridized carbons (Fsp3) is 0.750. The zero-order valence-corrected chi connectivity index (χ0v) is 18.2. The second-order valence-corrected chi connectivity index (χ2v) is 6.11. The third-order valence-electron chi connectivity index (χ3n) is 3.93. The molecule has 0 aliphatic heterocycles. The third-order valence-corrected chi connectivity index (χ3v) is 3.93. The van der Waals surface area contributed by atoms with Gasteiger partial charge in [0, 0.05) is 45.6 Å². The van der Waals surface area contributed by atoms with Crippen molar-refractivity contribution in [2.24, 2.45) is 4.99 Å². The summed E-state index contributed by atoms with van der Waals surface area (Å²) in [5, 5.41) is 11.2. The van der Waals surface area contributed by atoms with Gasteiger partial charge in [-0.05, 0) is 27.7 Å². The molecular weight excluding hydrogens is 421 g/mol. The van der Waals surface area contributed by atoms with E-state index in [-0.39, 0.29) is 29.6 Å². The van der Waals surface area contributed by atoms with E-state index in [0.717, 1.165) is 23.9 Å². The Morgan fingerprint density at radius 2 is 1.92 bits per heavy atom. The van der Waals surface area contributed by atoms with Gasteiger partial charge in [0.25, 0.3) is 0 Å². The third kappa shape index (κ3) is 6.94. The molecule has 8 heteroatoms. The zero-order valence-electron chi connectivity index (χ0n) is 15.9. The average Bonchev–Trinajstić information content (AvgIpc) is 2.80. The number of nitrogens with one attached hydrogen (secondary N) is 2. The maximum absolute atomic E-state index is 5.40. The quantitative estimate of drug-likeness (QED) is 0.357. The molecule has 0 aliphatic carbocycles. The molecule has 140 valence electrons. The molecule has 0 unspecified atom stereocenters. The summed E-state index contributed by atoms with van der Waals surface area (Å²) in [6, 6.07) is 0.